The molecule has 0 bridgehead atoms. The summed E-state index contributed by atoms with van der Waals surface area (Å²) in [5.41, 5.74) is -0.838. The SMILES string of the molecule is O=C(Nc1cccc(C(F)(F)F)c1)c1cc2ccccc2c(=O)s1. The monoisotopic (exact) mass is 349 g/mol. The van der Waals surface area contributed by atoms with Crippen LogP contribution in [0.2, 0.25) is 0 Å². The smallest absolute Gasteiger partial charge is 0.321 e. The molecular formula is C17H10F3NO2S. The van der Waals surface area contributed by atoms with Crippen LogP contribution in [0.5, 0.6) is 0 Å². The quantitative estimate of drug-likeness (QED) is 0.739. The van der Waals surface area contributed by atoms with Gasteiger partial charge in [0.25, 0.3) is 5.91 Å². The van der Waals surface area contributed by atoms with E-state index in [1.165, 1.54) is 12.1 Å². The van der Waals surface area contributed by atoms with Gasteiger partial charge in [-0.05, 0) is 35.7 Å². The minimum absolute atomic E-state index is 0.0163. The van der Waals surface area contributed by atoms with Crippen LogP contribution in [0, 0.1) is 0 Å². The number of carbonyl (C=O) groups is 1. The van der Waals surface area contributed by atoms with Crippen molar-refractivity contribution in [3.8, 4) is 0 Å². The molecule has 3 aromatic rings. The molecule has 1 heterocycles. The number of carbonyl (C=O) groups excluding carboxylic acids is 1. The van der Waals surface area contributed by atoms with Crippen molar-refractivity contribution in [3.63, 3.8) is 0 Å². The zero-order chi connectivity index (χ0) is 17.3. The molecule has 1 amide bonds. The molecule has 0 saturated heterocycles. The highest BCUT2D eigenvalue weighted by atomic mass is 32.1. The van der Waals surface area contributed by atoms with Gasteiger partial charge in [0.05, 0.1) is 10.4 Å². The zero-order valence-electron chi connectivity index (χ0n) is 12.1. The molecule has 1 N–H and O–H groups in total. The molecule has 3 rings (SSSR count). The van der Waals surface area contributed by atoms with E-state index in [-0.39, 0.29) is 15.3 Å². The van der Waals surface area contributed by atoms with E-state index in [0.717, 1.165) is 23.5 Å². The highest BCUT2D eigenvalue weighted by Gasteiger charge is 2.30. The molecule has 0 saturated carbocycles. The van der Waals surface area contributed by atoms with Gasteiger partial charge in [0.2, 0.25) is 4.74 Å². The summed E-state index contributed by atoms with van der Waals surface area (Å²) < 4.78 is 37.8. The van der Waals surface area contributed by atoms with E-state index in [9.17, 15) is 22.8 Å². The first kappa shape index (κ1) is 16.2. The third-order valence-corrected chi connectivity index (χ3v) is 4.27. The maximum Gasteiger partial charge on any atom is 0.416 e. The second kappa shape index (κ2) is 6.09. The van der Waals surface area contributed by atoms with Crippen molar-refractivity contribution in [1.29, 1.82) is 0 Å². The van der Waals surface area contributed by atoms with E-state index in [1.54, 1.807) is 30.3 Å². The van der Waals surface area contributed by atoms with Gasteiger partial charge in [-0.2, -0.15) is 13.2 Å². The van der Waals surface area contributed by atoms with Crippen molar-refractivity contribution in [1.82, 2.24) is 0 Å². The summed E-state index contributed by atoms with van der Waals surface area (Å²) in [5.74, 6) is -0.623. The number of halogens is 3. The first-order chi connectivity index (χ1) is 11.3. The normalized spacial score (nSPS) is 11.5. The number of hydrogen-bond donors (Lipinski definition) is 1. The number of fused-ring (bicyclic) bond motifs is 1. The molecule has 24 heavy (non-hydrogen) atoms. The zero-order valence-corrected chi connectivity index (χ0v) is 12.9. The summed E-state index contributed by atoms with van der Waals surface area (Å²) >= 11 is 0.754. The van der Waals surface area contributed by atoms with Crippen molar-refractivity contribution >= 4 is 33.7 Å². The largest absolute Gasteiger partial charge is 0.416 e. The Kier molecular flexibility index (Phi) is 4.11. The van der Waals surface area contributed by atoms with Crippen LogP contribution in [0.4, 0.5) is 18.9 Å². The van der Waals surface area contributed by atoms with Gasteiger partial charge in [-0.25, -0.2) is 0 Å². The number of rotatable bonds is 2. The van der Waals surface area contributed by atoms with E-state index < -0.39 is 17.6 Å². The summed E-state index contributed by atoms with van der Waals surface area (Å²) in [4.78, 5) is 24.4. The lowest BCUT2D eigenvalue weighted by Crippen LogP contribution is -2.14. The van der Waals surface area contributed by atoms with E-state index in [2.05, 4.69) is 5.32 Å². The van der Waals surface area contributed by atoms with Gasteiger partial charge in [-0.3, -0.25) is 9.59 Å². The maximum absolute atomic E-state index is 12.7. The Morgan fingerprint density at radius 3 is 2.50 bits per heavy atom. The Balaban J connectivity index is 1.92. The fourth-order valence-corrected chi connectivity index (χ4v) is 3.04. The average molecular weight is 349 g/mol. The van der Waals surface area contributed by atoms with Crippen molar-refractivity contribution in [2.75, 3.05) is 5.32 Å². The molecule has 3 nitrogen and oxygen atoms in total. The Bertz CT molecular complexity index is 979. The predicted octanol–water partition coefficient (Wildman–Crippen LogP) is 4.53. The number of amides is 1. The molecule has 7 heteroatoms. The summed E-state index contributed by atoms with van der Waals surface area (Å²) in [5, 5.41) is 3.50. The highest BCUT2D eigenvalue weighted by molar-refractivity contribution is 7.12. The number of alkyl halides is 3. The molecule has 122 valence electrons. The van der Waals surface area contributed by atoms with Crippen LogP contribution in [0.3, 0.4) is 0 Å². The molecule has 0 atom stereocenters. The van der Waals surface area contributed by atoms with E-state index in [4.69, 9.17) is 0 Å². The molecule has 0 aliphatic heterocycles. The summed E-state index contributed by atoms with van der Waals surface area (Å²) in [6.07, 6.45) is -4.49. The maximum atomic E-state index is 12.7. The third kappa shape index (κ3) is 3.30. The van der Waals surface area contributed by atoms with Crippen LogP contribution in [-0.4, -0.2) is 5.91 Å². The first-order valence-corrected chi connectivity index (χ1v) is 7.68. The van der Waals surface area contributed by atoms with Gasteiger partial charge >= 0.3 is 6.18 Å². The van der Waals surface area contributed by atoms with Gasteiger partial charge < -0.3 is 5.32 Å². The van der Waals surface area contributed by atoms with Gasteiger partial charge in [0.15, 0.2) is 0 Å². The minimum Gasteiger partial charge on any atom is -0.321 e. The molecule has 1 aromatic heterocycles. The van der Waals surface area contributed by atoms with Gasteiger partial charge in [-0.1, -0.05) is 35.6 Å². The highest BCUT2D eigenvalue weighted by Crippen LogP contribution is 2.30. The van der Waals surface area contributed by atoms with Gasteiger partial charge in [0, 0.05) is 11.1 Å². The van der Waals surface area contributed by atoms with E-state index >= 15 is 0 Å². The summed E-state index contributed by atoms with van der Waals surface area (Å²) in [6.45, 7) is 0. The molecular weight excluding hydrogens is 339 g/mol. The van der Waals surface area contributed by atoms with Crippen molar-refractivity contribution in [2.24, 2.45) is 0 Å². The number of hydrogen-bond acceptors (Lipinski definition) is 3. The molecule has 0 aliphatic carbocycles. The van der Waals surface area contributed by atoms with Crippen LogP contribution < -0.4 is 10.1 Å². The van der Waals surface area contributed by atoms with Crippen LogP contribution in [0.15, 0.2) is 59.4 Å². The predicted molar refractivity (Wildman–Crippen MR) is 87.5 cm³/mol. The Labute approximate surface area is 138 Å². The second-order valence-corrected chi connectivity index (χ2v) is 6.03. The lowest BCUT2D eigenvalue weighted by atomic mass is 10.2. The topological polar surface area (TPSA) is 46.2 Å². The molecule has 0 fully saturated rings. The Morgan fingerprint density at radius 2 is 1.75 bits per heavy atom. The van der Waals surface area contributed by atoms with Crippen LogP contribution in [0.1, 0.15) is 15.2 Å². The standard InChI is InChI=1S/C17H10F3NO2S/c18-17(19,20)11-5-3-6-12(9-11)21-15(22)14-8-10-4-1-2-7-13(10)16(23)24-14/h1-9H,(H,21,22). The fraction of sp³-hybridized carbons (Fsp3) is 0.0588. The molecule has 2 aromatic carbocycles. The van der Waals surface area contributed by atoms with E-state index in [1.807, 2.05) is 0 Å². The van der Waals surface area contributed by atoms with Crippen molar-refractivity contribution in [2.45, 2.75) is 6.18 Å². The van der Waals surface area contributed by atoms with Crippen molar-refractivity contribution in [3.05, 3.63) is 74.6 Å². The van der Waals surface area contributed by atoms with Gasteiger partial charge in [0.1, 0.15) is 0 Å². The van der Waals surface area contributed by atoms with Crippen LogP contribution >= 0.6 is 11.3 Å². The van der Waals surface area contributed by atoms with Crippen LogP contribution in [0.25, 0.3) is 10.8 Å². The molecule has 0 spiro atoms. The van der Waals surface area contributed by atoms with Gasteiger partial charge in [-0.15, -0.1) is 0 Å². The second-order valence-electron chi connectivity index (χ2n) is 5.02. The number of anilines is 1. The fourth-order valence-electron chi connectivity index (χ4n) is 2.21. The number of benzene rings is 2. The molecule has 0 radical (unpaired) electrons. The molecule has 0 aliphatic rings. The summed E-state index contributed by atoms with van der Waals surface area (Å²) in [7, 11) is 0. The first-order valence-electron chi connectivity index (χ1n) is 6.86. The Morgan fingerprint density at radius 1 is 1.00 bits per heavy atom. The summed E-state index contributed by atoms with van der Waals surface area (Å²) in [6, 6.07) is 12.7. The number of nitrogens with one attached hydrogen (secondary N) is 1. The third-order valence-electron chi connectivity index (χ3n) is 3.34. The lowest BCUT2D eigenvalue weighted by molar-refractivity contribution is -0.137. The van der Waals surface area contributed by atoms with Crippen LogP contribution in [-0.2, 0) is 6.18 Å². The lowest BCUT2D eigenvalue weighted by Gasteiger charge is -2.10. The molecule has 0 unspecified atom stereocenters. The van der Waals surface area contributed by atoms with Crippen molar-refractivity contribution < 1.29 is 18.0 Å². The average Bonchev–Trinajstić information content (AvgIpc) is 2.54. The Hall–Kier alpha value is -2.67. The van der Waals surface area contributed by atoms with E-state index in [0.29, 0.717) is 10.8 Å². The minimum atomic E-state index is -4.49.